The van der Waals surface area contributed by atoms with E-state index in [0.29, 0.717) is 12.5 Å². The zero-order valence-electron chi connectivity index (χ0n) is 9.40. The number of rotatable bonds is 4. The number of ether oxygens (including phenoxy) is 1. The largest absolute Gasteiger partial charge is 0.383 e. The van der Waals surface area contributed by atoms with Gasteiger partial charge in [-0.1, -0.05) is 0 Å². The van der Waals surface area contributed by atoms with Crippen LogP contribution in [0.1, 0.15) is 11.5 Å². The monoisotopic (exact) mass is 239 g/mol. The first kappa shape index (κ1) is 11.4. The summed E-state index contributed by atoms with van der Waals surface area (Å²) in [7, 11) is 1.68. The highest BCUT2D eigenvalue weighted by atomic mass is 35.5. The standard InChI is InChI=1S/C11H14ClN3O/c1-8-3-4-9-11(13-8)15(5-6-16-2)10(7-12)14-9/h3-4H,5-7H2,1-2H3. The number of alkyl halides is 1. The second kappa shape index (κ2) is 4.80. The molecule has 0 fully saturated rings. The maximum atomic E-state index is 5.87. The second-order valence-electron chi connectivity index (χ2n) is 3.60. The van der Waals surface area contributed by atoms with Crippen LogP contribution in [-0.2, 0) is 17.2 Å². The lowest BCUT2D eigenvalue weighted by Gasteiger charge is -2.05. The fourth-order valence-electron chi connectivity index (χ4n) is 1.66. The first-order chi connectivity index (χ1) is 7.76. The van der Waals surface area contributed by atoms with E-state index in [1.807, 2.05) is 23.6 Å². The van der Waals surface area contributed by atoms with E-state index in [1.165, 1.54) is 0 Å². The summed E-state index contributed by atoms with van der Waals surface area (Å²) in [6, 6.07) is 3.92. The Morgan fingerprint density at radius 2 is 2.19 bits per heavy atom. The molecule has 0 radical (unpaired) electrons. The normalized spacial score (nSPS) is 11.2. The topological polar surface area (TPSA) is 39.9 Å². The fourth-order valence-corrected chi connectivity index (χ4v) is 1.87. The molecule has 0 N–H and O–H groups in total. The molecule has 0 bridgehead atoms. The molecule has 0 aliphatic carbocycles. The predicted molar refractivity (Wildman–Crippen MR) is 63.7 cm³/mol. The van der Waals surface area contributed by atoms with Crippen molar-refractivity contribution in [3.8, 4) is 0 Å². The van der Waals surface area contributed by atoms with Gasteiger partial charge in [-0.3, -0.25) is 0 Å². The van der Waals surface area contributed by atoms with Gasteiger partial charge in [0, 0.05) is 19.3 Å². The molecule has 0 unspecified atom stereocenters. The van der Waals surface area contributed by atoms with Crippen molar-refractivity contribution in [2.45, 2.75) is 19.3 Å². The first-order valence-electron chi connectivity index (χ1n) is 5.14. The highest BCUT2D eigenvalue weighted by Gasteiger charge is 2.10. The molecule has 0 aromatic carbocycles. The molecule has 0 aliphatic rings. The van der Waals surface area contributed by atoms with Gasteiger partial charge in [0.05, 0.1) is 12.5 Å². The van der Waals surface area contributed by atoms with Crippen LogP contribution < -0.4 is 0 Å². The first-order valence-corrected chi connectivity index (χ1v) is 5.67. The second-order valence-corrected chi connectivity index (χ2v) is 3.87. The van der Waals surface area contributed by atoms with Crippen LogP contribution in [0.2, 0.25) is 0 Å². The molecule has 4 nitrogen and oxygen atoms in total. The SMILES string of the molecule is COCCn1c(CCl)nc2ccc(C)nc21. The van der Waals surface area contributed by atoms with Crippen LogP contribution in [-0.4, -0.2) is 28.3 Å². The van der Waals surface area contributed by atoms with Crippen molar-refractivity contribution < 1.29 is 4.74 Å². The molecule has 5 heteroatoms. The Kier molecular flexibility index (Phi) is 3.41. The Balaban J connectivity index is 2.52. The third kappa shape index (κ3) is 2.03. The van der Waals surface area contributed by atoms with E-state index < -0.39 is 0 Å². The van der Waals surface area contributed by atoms with Crippen molar-refractivity contribution in [2.24, 2.45) is 0 Å². The fraction of sp³-hybridized carbons (Fsp3) is 0.455. The van der Waals surface area contributed by atoms with E-state index in [-0.39, 0.29) is 0 Å². The minimum atomic E-state index is 0.388. The molecule has 2 rings (SSSR count). The minimum absolute atomic E-state index is 0.388. The lowest BCUT2D eigenvalue weighted by atomic mass is 10.3. The molecule has 16 heavy (non-hydrogen) atoms. The molecule has 0 atom stereocenters. The van der Waals surface area contributed by atoms with Crippen molar-refractivity contribution in [3.63, 3.8) is 0 Å². The van der Waals surface area contributed by atoms with Crippen molar-refractivity contribution in [1.82, 2.24) is 14.5 Å². The summed E-state index contributed by atoms with van der Waals surface area (Å²) in [6.45, 7) is 3.32. The number of aryl methyl sites for hydroxylation is 1. The molecule has 0 spiro atoms. The Morgan fingerprint density at radius 1 is 1.38 bits per heavy atom. The van der Waals surface area contributed by atoms with Crippen LogP contribution in [0.15, 0.2) is 12.1 Å². The maximum Gasteiger partial charge on any atom is 0.160 e. The zero-order valence-corrected chi connectivity index (χ0v) is 10.2. The predicted octanol–water partition coefficient (Wildman–Crippen LogP) is 2.12. The maximum absolute atomic E-state index is 5.87. The van der Waals surface area contributed by atoms with Crippen LogP contribution >= 0.6 is 11.6 Å². The third-order valence-electron chi connectivity index (χ3n) is 2.45. The van der Waals surface area contributed by atoms with Gasteiger partial charge in [-0.05, 0) is 19.1 Å². The van der Waals surface area contributed by atoms with E-state index in [2.05, 4.69) is 9.97 Å². The van der Waals surface area contributed by atoms with E-state index >= 15 is 0 Å². The van der Waals surface area contributed by atoms with Crippen molar-refractivity contribution in [2.75, 3.05) is 13.7 Å². The summed E-state index contributed by atoms with van der Waals surface area (Å²) in [6.07, 6.45) is 0. The highest BCUT2D eigenvalue weighted by molar-refractivity contribution is 6.16. The minimum Gasteiger partial charge on any atom is -0.383 e. The highest BCUT2D eigenvalue weighted by Crippen LogP contribution is 2.16. The lowest BCUT2D eigenvalue weighted by Crippen LogP contribution is -2.08. The number of hydrogen-bond acceptors (Lipinski definition) is 3. The smallest absolute Gasteiger partial charge is 0.160 e. The van der Waals surface area contributed by atoms with Gasteiger partial charge >= 0.3 is 0 Å². The molecule has 2 aromatic rings. The van der Waals surface area contributed by atoms with E-state index in [9.17, 15) is 0 Å². The van der Waals surface area contributed by atoms with Gasteiger partial charge in [-0.2, -0.15) is 0 Å². The van der Waals surface area contributed by atoms with E-state index in [4.69, 9.17) is 16.3 Å². The Hall–Kier alpha value is -1.13. The summed E-state index contributed by atoms with van der Waals surface area (Å²) >= 11 is 5.87. The molecule has 86 valence electrons. The van der Waals surface area contributed by atoms with Crippen LogP contribution in [0.3, 0.4) is 0 Å². The van der Waals surface area contributed by atoms with Crippen molar-refractivity contribution in [3.05, 3.63) is 23.7 Å². The van der Waals surface area contributed by atoms with Gasteiger partial charge < -0.3 is 9.30 Å². The average Bonchev–Trinajstić information content (AvgIpc) is 2.63. The number of imidazole rings is 1. The van der Waals surface area contributed by atoms with E-state index in [1.54, 1.807) is 7.11 Å². The van der Waals surface area contributed by atoms with Crippen LogP contribution in [0.25, 0.3) is 11.2 Å². The zero-order chi connectivity index (χ0) is 11.5. The van der Waals surface area contributed by atoms with Crippen LogP contribution in [0, 0.1) is 6.92 Å². The summed E-state index contributed by atoms with van der Waals surface area (Å²) < 4.78 is 7.09. The number of methoxy groups -OCH3 is 1. The van der Waals surface area contributed by atoms with Gasteiger partial charge in [0.1, 0.15) is 11.3 Å². The number of pyridine rings is 1. The molecule has 0 amide bonds. The quantitative estimate of drug-likeness (QED) is 0.768. The lowest BCUT2D eigenvalue weighted by molar-refractivity contribution is 0.187. The number of hydrogen-bond donors (Lipinski definition) is 0. The van der Waals surface area contributed by atoms with Crippen LogP contribution in [0.5, 0.6) is 0 Å². The number of halogens is 1. The molecule has 2 aromatic heterocycles. The van der Waals surface area contributed by atoms with Gasteiger partial charge in [-0.15, -0.1) is 11.6 Å². The molecular formula is C11H14ClN3O. The molecule has 2 heterocycles. The Morgan fingerprint density at radius 3 is 2.88 bits per heavy atom. The Bertz CT molecular complexity index is 495. The summed E-state index contributed by atoms with van der Waals surface area (Å²) in [5.74, 6) is 1.23. The molecular weight excluding hydrogens is 226 g/mol. The number of fused-ring (bicyclic) bond motifs is 1. The molecule has 0 aliphatic heterocycles. The van der Waals surface area contributed by atoms with Crippen LogP contribution in [0.4, 0.5) is 0 Å². The Labute approximate surface area is 99.2 Å². The number of nitrogens with zero attached hydrogens (tertiary/aromatic N) is 3. The van der Waals surface area contributed by atoms with Crippen molar-refractivity contribution >= 4 is 22.8 Å². The van der Waals surface area contributed by atoms with Gasteiger partial charge in [-0.25, -0.2) is 9.97 Å². The summed E-state index contributed by atoms with van der Waals surface area (Å²) in [4.78, 5) is 8.92. The summed E-state index contributed by atoms with van der Waals surface area (Å²) in [5.41, 5.74) is 2.75. The average molecular weight is 240 g/mol. The van der Waals surface area contributed by atoms with Gasteiger partial charge in [0.25, 0.3) is 0 Å². The third-order valence-corrected chi connectivity index (χ3v) is 2.69. The van der Waals surface area contributed by atoms with Crippen molar-refractivity contribution in [1.29, 1.82) is 0 Å². The number of aromatic nitrogens is 3. The van der Waals surface area contributed by atoms with Gasteiger partial charge in [0.15, 0.2) is 5.65 Å². The van der Waals surface area contributed by atoms with E-state index in [0.717, 1.165) is 29.2 Å². The molecule has 0 saturated heterocycles. The summed E-state index contributed by atoms with van der Waals surface area (Å²) in [5, 5.41) is 0. The molecule has 0 saturated carbocycles. The van der Waals surface area contributed by atoms with Gasteiger partial charge in [0.2, 0.25) is 0 Å².